The molecule has 0 radical (unpaired) electrons. The summed E-state index contributed by atoms with van der Waals surface area (Å²) < 4.78 is 5.90. The predicted octanol–water partition coefficient (Wildman–Crippen LogP) is 1.77. The van der Waals surface area contributed by atoms with Gasteiger partial charge in [-0.1, -0.05) is 36.4 Å². The zero-order valence-corrected chi connectivity index (χ0v) is 11.7. The normalized spacial score (nSPS) is 10.7. The number of rotatable bonds is 4. The summed E-state index contributed by atoms with van der Waals surface area (Å²) >= 11 is 0. The Morgan fingerprint density at radius 1 is 1.19 bits per heavy atom. The van der Waals surface area contributed by atoms with Gasteiger partial charge in [-0.05, 0) is 23.8 Å². The maximum Gasteiger partial charge on any atom is 0.325 e. The minimum Gasteiger partial charge on any atom is -0.468 e. The van der Waals surface area contributed by atoms with E-state index < -0.39 is 11.5 Å². The summed E-state index contributed by atoms with van der Waals surface area (Å²) in [5, 5.41) is 0. The number of pyridine rings is 1. The molecule has 1 aromatic carbocycles. The summed E-state index contributed by atoms with van der Waals surface area (Å²) in [7, 11) is 1.28. The van der Waals surface area contributed by atoms with E-state index in [2.05, 4.69) is 4.74 Å². The van der Waals surface area contributed by atoms with E-state index in [9.17, 15) is 9.59 Å². The first-order valence-corrected chi connectivity index (χ1v) is 6.41. The van der Waals surface area contributed by atoms with Crippen LogP contribution in [0.3, 0.4) is 0 Å². The first-order valence-electron chi connectivity index (χ1n) is 6.41. The van der Waals surface area contributed by atoms with Crippen LogP contribution in [0, 0.1) is 0 Å². The number of anilines is 1. The zero-order valence-electron chi connectivity index (χ0n) is 11.7. The number of methoxy groups -OCH3 is 1. The standard InChI is InChI=1S/C16H16N2O3/c1-21-15(19)11-18-13(9-10-14(17)16(18)20)8-7-12-5-3-2-4-6-12/h2-10H,11,17H2,1H3. The molecular formula is C16H16N2O3. The van der Waals surface area contributed by atoms with E-state index in [1.165, 1.54) is 17.7 Å². The van der Waals surface area contributed by atoms with Crippen molar-refractivity contribution in [1.82, 2.24) is 4.57 Å². The van der Waals surface area contributed by atoms with Gasteiger partial charge in [-0.25, -0.2) is 0 Å². The molecule has 0 aliphatic heterocycles. The lowest BCUT2D eigenvalue weighted by molar-refractivity contribution is -0.141. The van der Waals surface area contributed by atoms with Crippen LogP contribution in [0.2, 0.25) is 0 Å². The Balaban J connectivity index is 2.39. The maximum atomic E-state index is 12.0. The number of carbonyl (C=O) groups excluding carboxylic acids is 1. The van der Waals surface area contributed by atoms with Crippen molar-refractivity contribution in [1.29, 1.82) is 0 Å². The van der Waals surface area contributed by atoms with Gasteiger partial charge in [0.25, 0.3) is 5.56 Å². The van der Waals surface area contributed by atoms with Crippen LogP contribution in [0.25, 0.3) is 12.2 Å². The number of nitrogens with two attached hydrogens (primary N) is 1. The van der Waals surface area contributed by atoms with E-state index in [0.29, 0.717) is 5.69 Å². The number of carbonyl (C=O) groups is 1. The second-order valence-corrected chi connectivity index (χ2v) is 4.42. The van der Waals surface area contributed by atoms with Crippen molar-refractivity contribution in [3.05, 3.63) is 64.1 Å². The Morgan fingerprint density at radius 3 is 2.57 bits per heavy atom. The van der Waals surface area contributed by atoms with Gasteiger partial charge in [0.1, 0.15) is 6.54 Å². The Kier molecular flexibility index (Phi) is 4.56. The second kappa shape index (κ2) is 6.56. The van der Waals surface area contributed by atoms with E-state index in [4.69, 9.17) is 5.73 Å². The fraction of sp³-hybridized carbons (Fsp3) is 0.125. The minimum absolute atomic E-state index is 0.0933. The molecule has 2 rings (SSSR count). The number of nitrogens with zero attached hydrogens (tertiary/aromatic N) is 1. The lowest BCUT2D eigenvalue weighted by Crippen LogP contribution is -2.28. The van der Waals surface area contributed by atoms with E-state index >= 15 is 0 Å². The molecule has 108 valence electrons. The Labute approximate surface area is 122 Å². The van der Waals surface area contributed by atoms with Crippen LogP contribution in [-0.2, 0) is 16.1 Å². The summed E-state index contributed by atoms with van der Waals surface area (Å²) in [6, 6.07) is 12.9. The van der Waals surface area contributed by atoms with Crippen LogP contribution < -0.4 is 11.3 Å². The summed E-state index contributed by atoms with van der Waals surface area (Å²) in [5.74, 6) is -0.503. The Morgan fingerprint density at radius 2 is 1.90 bits per heavy atom. The minimum atomic E-state index is -0.503. The first kappa shape index (κ1) is 14.6. The summed E-state index contributed by atoms with van der Waals surface area (Å²) in [5.41, 5.74) is 6.87. The highest BCUT2D eigenvalue weighted by Crippen LogP contribution is 2.08. The van der Waals surface area contributed by atoms with E-state index in [1.54, 1.807) is 12.1 Å². The average Bonchev–Trinajstić information content (AvgIpc) is 2.52. The molecule has 0 aliphatic rings. The molecule has 0 unspecified atom stereocenters. The van der Waals surface area contributed by atoms with Gasteiger partial charge in [0.2, 0.25) is 0 Å². The van der Waals surface area contributed by atoms with Gasteiger partial charge in [0, 0.05) is 5.69 Å². The van der Waals surface area contributed by atoms with Crippen molar-refractivity contribution in [2.24, 2.45) is 0 Å². The molecule has 2 N–H and O–H groups in total. The van der Waals surface area contributed by atoms with Gasteiger partial charge in [-0.2, -0.15) is 0 Å². The number of hydrogen-bond donors (Lipinski definition) is 1. The highest BCUT2D eigenvalue weighted by molar-refractivity contribution is 5.72. The molecule has 5 heteroatoms. The lowest BCUT2D eigenvalue weighted by Gasteiger charge is -2.09. The maximum absolute atomic E-state index is 12.0. The van der Waals surface area contributed by atoms with E-state index in [-0.39, 0.29) is 12.2 Å². The van der Waals surface area contributed by atoms with Crippen LogP contribution in [0.4, 0.5) is 5.69 Å². The number of hydrogen-bond acceptors (Lipinski definition) is 4. The Bertz CT molecular complexity index is 718. The number of nitrogen functional groups attached to an aromatic ring is 1. The quantitative estimate of drug-likeness (QED) is 0.868. The molecule has 1 heterocycles. The smallest absolute Gasteiger partial charge is 0.325 e. The van der Waals surface area contributed by atoms with Crippen molar-refractivity contribution in [2.75, 3.05) is 12.8 Å². The molecule has 0 saturated carbocycles. The monoisotopic (exact) mass is 284 g/mol. The highest BCUT2D eigenvalue weighted by atomic mass is 16.5. The largest absolute Gasteiger partial charge is 0.468 e. The Hall–Kier alpha value is -2.82. The van der Waals surface area contributed by atoms with Crippen LogP contribution in [0.1, 0.15) is 11.3 Å². The van der Waals surface area contributed by atoms with Gasteiger partial charge in [0.15, 0.2) is 0 Å². The fourth-order valence-electron chi connectivity index (χ4n) is 1.86. The highest BCUT2D eigenvalue weighted by Gasteiger charge is 2.09. The molecule has 5 nitrogen and oxygen atoms in total. The number of esters is 1. The average molecular weight is 284 g/mol. The van der Waals surface area contributed by atoms with Gasteiger partial charge in [0.05, 0.1) is 12.8 Å². The van der Waals surface area contributed by atoms with Gasteiger partial charge in [-0.3, -0.25) is 14.2 Å². The van der Waals surface area contributed by atoms with Crippen molar-refractivity contribution in [3.8, 4) is 0 Å². The van der Waals surface area contributed by atoms with Gasteiger partial charge < -0.3 is 10.5 Å². The van der Waals surface area contributed by atoms with Crippen molar-refractivity contribution >= 4 is 23.8 Å². The molecule has 1 aromatic heterocycles. The van der Waals surface area contributed by atoms with Crippen LogP contribution in [0.5, 0.6) is 0 Å². The van der Waals surface area contributed by atoms with Crippen molar-refractivity contribution in [2.45, 2.75) is 6.54 Å². The lowest BCUT2D eigenvalue weighted by atomic mass is 10.2. The molecule has 2 aromatic rings. The molecule has 0 aliphatic carbocycles. The molecule has 0 spiro atoms. The molecule has 0 fully saturated rings. The molecule has 21 heavy (non-hydrogen) atoms. The van der Waals surface area contributed by atoms with E-state index in [0.717, 1.165) is 5.56 Å². The second-order valence-electron chi connectivity index (χ2n) is 4.42. The summed E-state index contributed by atoms with van der Waals surface area (Å²) in [4.78, 5) is 23.5. The first-order chi connectivity index (χ1) is 10.1. The SMILES string of the molecule is COC(=O)Cn1c(C=Cc2ccccc2)ccc(N)c1=O. The van der Waals surface area contributed by atoms with Crippen LogP contribution in [0.15, 0.2) is 47.3 Å². The third-order valence-corrected chi connectivity index (χ3v) is 3.00. The van der Waals surface area contributed by atoms with Crippen LogP contribution >= 0.6 is 0 Å². The summed E-state index contributed by atoms with van der Waals surface area (Å²) in [6.07, 6.45) is 3.62. The third kappa shape index (κ3) is 3.60. The molecular weight excluding hydrogens is 268 g/mol. The van der Waals surface area contributed by atoms with Gasteiger partial charge in [-0.15, -0.1) is 0 Å². The van der Waals surface area contributed by atoms with E-state index in [1.807, 2.05) is 36.4 Å². The molecule has 0 atom stereocenters. The molecule has 0 saturated heterocycles. The van der Waals surface area contributed by atoms with Gasteiger partial charge >= 0.3 is 5.97 Å². The third-order valence-electron chi connectivity index (χ3n) is 3.00. The zero-order chi connectivity index (χ0) is 15.2. The van der Waals surface area contributed by atoms with Crippen LogP contribution in [-0.4, -0.2) is 17.6 Å². The predicted molar refractivity (Wildman–Crippen MR) is 82.5 cm³/mol. The van der Waals surface area contributed by atoms with Crippen molar-refractivity contribution < 1.29 is 9.53 Å². The fourth-order valence-corrected chi connectivity index (χ4v) is 1.86. The topological polar surface area (TPSA) is 74.3 Å². The number of aromatic nitrogens is 1. The number of ether oxygens (including phenoxy) is 1. The molecule has 0 bridgehead atoms. The van der Waals surface area contributed by atoms with Crippen molar-refractivity contribution in [3.63, 3.8) is 0 Å². The molecule has 0 amide bonds. The summed E-state index contributed by atoms with van der Waals surface area (Å²) in [6.45, 7) is -0.172. The number of benzene rings is 1.